The topological polar surface area (TPSA) is 63.4 Å². The minimum atomic E-state index is -3.07. The molecule has 1 aliphatic rings. The highest BCUT2D eigenvalue weighted by Crippen LogP contribution is 2.27. The first-order valence-corrected chi connectivity index (χ1v) is 9.93. The van der Waals surface area contributed by atoms with Crippen LogP contribution in [0.4, 0.5) is 5.69 Å². The molecule has 1 aromatic carbocycles. The lowest BCUT2D eigenvalue weighted by Gasteiger charge is -2.36. The van der Waals surface area contributed by atoms with Crippen molar-refractivity contribution in [3.8, 4) is 0 Å². The first kappa shape index (κ1) is 15.7. The minimum absolute atomic E-state index is 0.0478. The lowest BCUT2D eigenvalue weighted by molar-refractivity contribution is 0.584. The molecule has 1 aliphatic heterocycles. The Bertz CT molecular complexity index is 543. The molecule has 0 saturated carbocycles. The van der Waals surface area contributed by atoms with Crippen LogP contribution in [0.25, 0.3) is 0 Å². The van der Waals surface area contributed by atoms with Crippen LogP contribution in [0.15, 0.2) is 24.3 Å². The summed E-state index contributed by atoms with van der Waals surface area (Å²) in [5.74, 6) is 1.59. The summed E-state index contributed by atoms with van der Waals surface area (Å²) in [5.41, 5.74) is 8.07. The van der Waals surface area contributed by atoms with Crippen LogP contribution in [0.5, 0.6) is 0 Å². The zero-order valence-electron chi connectivity index (χ0n) is 12.0. The van der Waals surface area contributed by atoms with Crippen molar-refractivity contribution in [1.82, 2.24) is 0 Å². The fourth-order valence-electron chi connectivity index (χ4n) is 2.38. The zero-order chi connectivity index (χ0) is 14.8. The molecule has 0 aliphatic carbocycles. The number of sulfone groups is 1. The predicted molar refractivity (Wildman–Crippen MR) is 87.0 cm³/mol. The quantitative estimate of drug-likeness (QED) is 0.921. The van der Waals surface area contributed by atoms with E-state index in [0.29, 0.717) is 5.75 Å². The second kappa shape index (κ2) is 6.37. The maximum Gasteiger partial charge on any atom is 0.169 e. The molecule has 1 unspecified atom stereocenters. The summed E-state index contributed by atoms with van der Waals surface area (Å²) in [5, 5.41) is -0.424. The molecule has 0 radical (unpaired) electrons. The first-order chi connectivity index (χ1) is 9.43. The molecule has 0 spiro atoms. The van der Waals surface area contributed by atoms with E-state index in [4.69, 9.17) is 5.73 Å². The van der Waals surface area contributed by atoms with E-state index in [-0.39, 0.29) is 6.04 Å². The van der Waals surface area contributed by atoms with Crippen molar-refractivity contribution in [2.45, 2.75) is 24.8 Å². The number of nitrogens with zero attached hydrogens (tertiary/aromatic N) is 1. The molecule has 0 aromatic heterocycles. The highest BCUT2D eigenvalue weighted by Gasteiger charge is 2.31. The Morgan fingerprint density at radius 3 is 2.60 bits per heavy atom. The van der Waals surface area contributed by atoms with Crippen LogP contribution >= 0.6 is 11.8 Å². The van der Waals surface area contributed by atoms with E-state index in [1.807, 2.05) is 29.2 Å². The van der Waals surface area contributed by atoms with E-state index < -0.39 is 15.2 Å². The van der Waals surface area contributed by atoms with Gasteiger partial charge in [-0.25, -0.2) is 8.42 Å². The average molecular weight is 314 g/mol. The molecule has 2 rings (SSSR count). The lowest BCUT2D eigenvalue weighted by atomic mass is 10.1. The second-order valence-electron chi connectivity index (χ2n) is 5.16. The van der Waals surface area contributed by atoms with E-state index in [9.17, 15) is 8.42 Å². The molecule has 1 saturated heterocycles. The fourth-order valence-corrected chi connectivity index (χ4v) is 5.22. The van der Waals surface area contributed by atoms with Crippen molar-refractivity contribution in [3.63, 3.8) is 0 Å². The van der Waals surface area contributed by atoms with Gasteiger partial charge in [0.25, 0.3) is 0 Å². The zero-order valence-corrected chi connectivity index (χ0v) is 13.6. The van der Waals surface area contributed by atoms with Crippen molar-refractivity contribution in [3.05, 3.63) is 29.8 Å². The van der Waals surface area contributed by atoms with Crippen molar-refractivity contribution in [1.29, 1.82) is 0 Å². The summed E-state index contributed by atoms with van der Waals surface area (Å²) in [6, 6.07) is 8.03. The molecule has 0 bridgehead atoms. The third-order valence-electron chi connectivity index (χ3n) is 3.67. The summed E-state index contributed by atoms with van der Waals surface area (Å²) < 4.78 is 23.8. The normalized spacial score (nSPS) is 21.8. The van der Waals surface area contributed by atoms with Crippen LogP contribution in [-0.4, -0.2) is 38.1 Å². The first-order valence-electron chi connectivity index (χ1n) is 6.82. The van der Waals surface area contributed by atoms with Gasteiger partial charge in [-0.05, 0) is 24.1 Å². The lowest BCUT2D eigenvalue weighted by Crippen LogP contribution is -2.47. The van der Waals surface area contributed by atoms with Gasteiger partial charge in [-0.1, -0.05) is 19.1 Å². The smallest absolute Gasteiger partial charge is 0.169 e. The largest absolute Gasteiger partial charge is 0.353 e. The SMILES string of the molecule is CC[C@@H](N)c1ccc(N2CCSCC2S(C)(=O)=O)cc1. The van der Waals surface area contributed by atoms with E-state index >= 15 is 0 Å². The maximum atomic E-state index is 11.9. The van der Waals surface area contributed by atoms with Gasteiger partial charge in [0, 0.05) is 36.0 Å². The molecule has 1 heterocycles. The number of anilines is 1. The van der Waals surface area contributed by atoms with Crippen LogP contribution in [0.1, 0.15) is 24.9 Å². The van der Waals surface area contributed by atoms with Gasteiger partial charge < -0.3 is 10.6 Å². The van der Waals surface area contributed by atoms with Crippen LogP contribution in [-0.2, 0) is 9.84 Å². The number of nitrogens with two attached hydrogens (primary N) is 1. The van der Waals surface area contributed by atoms with E-state index in [1.54, 1.807) is 11.8 Å². The average Bonchev–Trinajstić information content (AvgIpc) is 2.46. The van der Waals surface area contributed by atoms with Gasteiger partial charge >= 0.3 is 0 Å². The summed E-state index contributed by atoms with van der Waals surface area (Å²) in [6.45, 7) is 2.82. The van der Waals surface area contributed by atoms with Crippen LogP contribution in [0, 0.1) is 0 Å². The summed E-state index contributed by atoms with van der Waals surface area (Å²) in [4.78, 5) is 1.99. The maximum absolute atomic E-state index is 11.9. The third-order valence-corrected chi connectivity index (χ3v) is 6.31. The molecule has 2 N–H and O–H groups in total. The molecule has 112 valence electrons. The van der Waals surface area contributed by atoms with E-state index in [1.165, 1.54) is 6.26 Å². The third kappa shape index (κ3) is 3.48. The number of hydrogen-bond donors (Lipinski definition) is 1. The van der Waals surface area contributed by atoms with Gasteiger partial charge in [0.15, 0.2) is 9.84 Å². The van der Waals surface area contributed by atoms with Gasteiger partial charge in [0.2, 0.25) is 0 Å². The standard InChI is InChI=1S/C14H22N2O2S2/c1-3-13(15)11-4-6-12(7-5-11)16-8-9-19-10-14(16)20(2,17)18/h4-7,13-14H,3,8-10,15H2,1-2H3/t13-,14?/m1/s1. The Kier molecular flexibility index (Phi) is 4.99. The van der Waals surface area contributed by atoms with Gasteiger partial charge in [-0.2, -0.15) is 11.8 Å². The fraction of sp³-hybridized carbons (Fsp3) is 0.571. The van der Waals surface area contributed by atoms with Gasteiger partial charge in [0.05, 0.1) is 0 Å². The summed E-state index contributed by atoms with van der Waals surface area (Å²) in [7, 11) is -3.07. The van der Waals surface area contributed by atoms with Gasteiger partial charge in [-0.15, -0.1) is 0 Å². The Morgan fingerprint density at radius 2 is 2.05 bits per heavy atom. The molecule has 0 amide bonds. The van der Waals surface area contributed by atoms with Crippen molar-refractivity contribution >= 4 is 27.3 Å². The molecule has 4 nitrogen and oxygen atoms in total. The molecule has 1 aromatic rings. The Hall–Kier alpha value is -0.720. The van der Waals surface area contributed by atoms with Crippen LogP contribution in [0.2, 0.25) is 0 Å². The Morgan fingerprint density at radius 1 is 1.40 bits per heavy atom. The Balaban J connectivity index is 2.25. The number of thioether (sulfide) groups is 1. The van der Waals surface area contributed by atoms with Gasteiger partial charge in [-0.3, -0.25) is 0 Å². The molecule has 1 fully saturated rings. The van der Waals surface area contributed by atoms with Crippen molar-refractivity contribution in [2.24, 2.45) is 5.73 Å². The number of rotatable bonds is 4. The van der Waals surface area contributed by atoms with Gasteiger partial charge in [0.1, 0.15) is 5.37 Å². The molecule has 20 heavy (non-hydrogen) atoms. The number of benzene rings is 1. The van der Waals surface area contributed by atoms with E-state index in [2.05, 4.69) is 6.92 Å². The summed E-state index contributed by atoms with van der Waals surface area (Å²) >= 11 is 1.70. The monoisotopic (exact) mass is 314 g/mol. The van der Waals surface area contributed by atoms with Crippen LogP contribution < -0.4 is 10.6 Å². The summed E-state index contributed by atoms with van der Waals surface area (Å²) in [6.07, 6.45) is 2.21. The van der Waals surface area contributed by atoms with Crippen molar-refractivity contribution < 1.29 is 8.42 Å². The minimum Gasteiger partial charge on any atom is -0.353 e. The number of hydrogen-bond acceptors (Lipinski definition) is 5. The molecule has 2 atom stereocenters. The predicted octanol–water partition coefficient (Wildman–Crippen LogP) is 2.02. The van der Waals surface area contributed by atoms with Crippen molar-refractivity contribution in [2.75, 3.05) is 29.2 Å². The highest BCUT2D eigenvalue weighted by molar-refractivity contribution is 8.01. The second-order valence-corrected chi connectivity index (χ2v) is 8.51. The highest BCUT2D eigenvalue weighted by atomic mass is 32.2. The molecular formula is C14H22N2O2S2. The Labute approximate surface area is 125 Å². The van der Waals surface area contributed by atoms with E-state index in [0.717, 1.165) is 30.0 Å². The molecule has 6 heteroatoms. The molecular weight excluding hydrogens is 292 g/mol. The van der Waals surface area contributed by atoms with Crippen LogP contribution in [0.3, 0.4) is 0 Å².